The van der Waals surface area contributed by atoms with Crippen LogP contribution in [0.25, 0.3) is 0 Å². The maximum Gasteiger partial charge on any atom is 0.234 e. The van der Waals surface area contributed by atoms with Crippen LogP contribution < -0.4 is 11.1 Å². The number of carbonyl (C=O) groups is 2. The van der Waals surface area contributed by atoms with Gasteiger partial charge in [-0.1, -0.05) is 26.0 Å². The molecule has 2 amide bonds. The average molecular weight is 280 g/mol. The van der Waals surface area contributed by atoms with Crippen molar-refractivity contribution in [3.05, 3.63) is 29.8 Å². The van der Waals surface area contributed by atoms with Crippen molar-refractivity contribution in [2.45, 2.75) is 31.9 Å². The number of rotatable bonds is 7. The highest BCUT2D eigenvalue weighted by Gasteiger charge is 2.15. The first-order valence-electron chi connectivity index (χ1n) is 6.36. The van der Waals surface area contributed by atoms with Gasteiger partial charge in [-0.3, -0.25) is 9.59 Å². The first kappa shape index (κ1) is 15.6. The van der Waals surface area contributed by atoms with E-state index in [1.54, 1.807) is 0 Å². The summed E-state index contributed by atoms with van der Waals surface area (Å²) in [7, 11) is 0. The molecule has 0 bridgehead atoms. The lowest BCUT2D eigenvalue weighted by molar-refractivity contribution is -0.117. The van der Waals surface area contributed by atoms with Gasteiger partial charge < -0.3 is 11.1 Å². The molecule has 0 saturated carbocycles. The van der Waals surface area contributed by atoms with Gasteiger partial charge in [0.2, 0.25) is 11.8 Å². The van der Waals surface area contributed by atoms with Gasteiger partial charge in [-0.05, 0) is 30.5 Å². The van der Waals surface area contributed by atoms with Crippen molar-refractivity contribution in [2.24, 2.45) is 5.73 Å². The predicted molar refractivity (Wildman–Crippen MR) is 80.2 cm³/mol. The van der Waals surface area contributed by atoms with Crippen LogP contribution in [-0.4, -0.2) is 22.8 Å². The molecular formula is C14H20N2O2S. The van der Waals surface area contributed by atoms with E-state index in [1.807, 2.05) is 31.2 Å². The number of primary amides is 1. The van der Waals surface area contributed by atoms with E-state index in [2.05, 4.69) is 12.2 Å². The van der Waals surface area contributed by atoms with Crippen LogP contribution in [0.4, 0.5) is 5.69 Å². The third-order valence-electron chi connectivity index (χ3n) is 2.75. The normalized spacial score (nSPS) is 11.9. The summed E-state index contributed by atoms with van der Waals surface area (Å²) in [5.41, 5.74) is 7.23. The molecule has 0 spiro atoms. The topological polar surface area (TPSA) is 72.2 Å². The number of nitrogens with two attached hydrogens (primary N) is 1. The second-order valence-electron chi connectivity index (χ2n) is 4.21. The molecule has 0 aromatic heterocycles. The van der Waals surface area contributed by atoms with Crippen molar-refractivity contribution in [3.8, 4) is 0 Å². The number of amides is 2. The molecule has 19 heavy (non-hydrogen) atoms. The summed E-state index contributed by atoms with van der Waals surface area (Å²) < 4.78 is 0. The molecule has 0 aliphatic heterocycles. The maximum absolute atomic E-state index is 11.7. The lowest BCUT2D eigenvalue weighted by Crippen LogP contribution is -2.27. The lowest BCUT2D eigenvalue weighted by atomic mass is 10.1. The number of hydrogen-bond donors (Lipinski definition) is 2. The molecule has 0 fully saturated rings. The smallest absolute Gasteiger partial charge is 0.234 e. The first-order valence-corrected chi connectivity index (χ1v) is 7.41. The van der Waals surface area contributed by atoms with Gasteiger partial charge in [-0.15, -0.1) is 11.8 Å². The van der Waals surface area contributed by atoms with Crippen molar-refractivity contribution >= 4 is 29.3 Å². The van der Waals surface area contributed by atoms with E-state index in [-0.39, 0.29) is 22.8 Å². The van der Waals surface area contributed by atoms with Gasteiger partial charge in [0.15, 0.2) is 0 Å². The van der Waals surface area contributed by atoms with E-state index >= 15 is 0 Å². The number of aryl methyl sites for hydroxylation is 1. The molecule has 1 rings (SSSR count). The van der Waals surface area contributed by atoms with E-state index in [0.717, 1.165) is 12.1 Å². The number of carbonyl (C=O) groups excluding carboxylic acids is 2. The summed E-state index contributed by atoms with van der Waals surface area (Å²) >= 11 is 1.28. The molecule has 0 heterocycles. The fourth-order valence-corrected chi connectivity index (χ4v) is 2.42. The number of hydrogen-bond acceptors (Lipinski definition) is 3. The highest BCUT2D eigenvalue weighted by Crippen LogP contribution is 2.15. The summed E-state index contributed by atoms with van der Waals surface area (Å²) in [6, 6.07) is 7.74. The molecule has 1 unspecified atom stereocenters. The van der Waals surface area contributed by atoms with Crippen molar-refractivity contribution in [1.29, 1.82) is 0 Å². The van der Waals surface area contributed by atoms with Crippen LogP contribution in [0, 0.1) is 0 Å². The fourth-order valence-electron chi connectivity index (χ4n) is 1.60. The Labute approximate surface area is 118 Å². The summed E-state index contributed by atoms with van der Waals surface area (Å²) in [6.45, 7) is 3.96. The Hall–Kier alpha value is -1.49. The van der Waals surface area contributed by atoms with Crippen molar-refractivity contribution in [3.63, 3.8) is 0 Å². The summed E-state index contributed by atoms with van der Waals surface area (Å²) in [5, 5.41) is 2.50. The molecular weight excluding hydrogens is 260 g/mol. The zero-order valence-electron chi connectivity index (χ0n) is 11.3. The quantitative estimate of drug-likeness (QED) is 0.804. The van der Waals surface area contributed by atoms with Gasteiger partial charge in [0.1, 0.15) is 0 Å². The zero-order valence-corrected chi connectivity index (χ0v) is 12.1. The molecule has 104 valence electrons. The predicted octanol–water partition coefficient (Wildman–Crippen LogP) is 2.18. The molecule has 5 heteroatoms. The molecule has 3 N–H and O–H groups in total. The van der Waals surface area contributed by atoms with Gasteiger partial charge in [-0.2, -0.15) is 0 Å². The van der Waals surface area contributed by atoms with Crippen molar-refractivity contribution in [1.82, 2.24) is 0 Å². The Bertz CT molecular complexity index is 432. The van der Waals surface area contributed by atoms with E-state index < -0.39 is 0 Å². The van der Waals surface area contributed by atoms with E-state index in [1.165, 1.54) is 17.3 Å². The molecule has 1 aromatic rings. The largest absolute Gasteiger partial charge is 0.369 e. The fraction of sp³-hybridized carbons (Fsp3) is 0.429. The van der Waals surface area contributed by atoms with Crippen molar-refractivity contribution < 1.29 is 9.59 Å². The molecule has 4 nitrogen and oxygen atoms in total. The molecule has 1 atom stereocenters. The minimum absolute atomic E-state index is 0.117. The Morgan fingerprint density at radius 2 is 1.89 bits per heavy atom. The third kappa shape index (κ3) is 5.34. The Morgan fingerprint density at radius 3 is 2.37 bits per heavy atom. The van der Waals surface area contributed by atoms with Gasteiger partial charge in [0.25, 0.3) is 0 Å². The van der Waals surface area contributed by atoms with Crippen molar-refractivity contribution in [2.75, 3.05) is 11.1 Å². The van der Waals surface area contributed by atoms with Gasteiger partial charge in [-0.25, -0.2) is 0 Å². The second kappa shape index (κ2) is 7.84. The second-order valence-corrected chi connectivity index (χ2v) is 5.40. The van der Waals surface area contributed by atoms with Gasteiger partial charge in [0, 0.05) is 5.69 Å². The van der Waals surface area contributed by atoms with E-state index in [4.69, 9.17) is 5.73 Å². The zero-order chi connectivity index (χ0) is 14.3. The van der Waals surface area contributed by atoms with Crippen LogP contribution in [0.3, 0.4) is 0 Å². The van der Waals surface area contributed by atoms with Crippen LogP contribution in [0.5, 0.6) is 0 Å². The molecule has 1 aromatic carbocycles. The summed E-state index contributed by atoms with van der Waals surface area (Å²) in [4.78, 5) is 22.8. The van der Waals surface area contributed by atoms with Crippen LogP contribution in [0.1, 0.15) is 25.8 Å². The van der Waals surface area contributed by atoms with Gasteiger partial charge in [0.05, 0.1) is 11.0 Å². The monoisotopic (exact) mass is 280 g/mol. The minimum atomic E-state index is -0.368. The number of thioether (sulfide) groups is 1. The summed E-state index contributed by atoms with van der Waals surface area (Å²) in [6.07, 6.45) is 1.61. The number of nitrogens with one attached hydrogen (secondary N) is 1. The standard InChI is InChI=1S/C14H20N2O2S/c1-3-10-5-7-11(8-6-10)16-13(17)9-19-12(4-2)14(15)18/h5-8,12H,3-4,9H2,1-2H3,(H2,15,18)(H,16,17). The highest BCUT2D eigenvalue weighted by atomic mass is 32.2. The van der Waals surface area contributed by atoms with Crippen LogP contribution in [0.2, 0.25) is 0 Å². The Balaban J connectivity index is 2.44. The highest BCUT2D eigenvalue weighted by molar-refractivity contribution is 8.01. The Kier molecular flexibility index (Phi) is 6.42. The third-order valence-corrected chi connectivity index (χ3v) is 4.15. The summed E-state index contributed by atoms with van der Waals surface area (Å²) in [5.74, 6) is -0.252. The van der Waals surface area contributed by atoms with E-state index in [9.17, 15) is 9.59 Å². The van der Waals surface area contributed by atoms with Crippen LogP contribution >= 0.6 is 11.8 Å². The molecule has 0 aliphatic carbocycles. The van der Waals surface area contributed by atoms with E-state index in [0.29, 0.717) is 6.42 Å². The number of anilines is 1. The van der Waals surface area contributed by atoms with Crippen LogP contribution in [-0.2, 0) is 16.0 Å². The molecule has 0 saturated heterocycles. The number of benzene rings is 1. The SMILES string of the molecule is CCc1ccc(NC(=O)CSC(CC)C(N)=O)cc1. The first-order chi connectivity index (χ1) is 9.06. The van der Waals surface area contributed by atoms with Gasteiger partial charge >= 0.3 is 0 Å². The molecule has 0 aliphatic rings. The Morgan fingerprint density at radius 1 is 1.26 bits per heavy atom. The lowest BCUT2D eigenvalue weighted by Gasteiger charge is -2.10. The minimum Gasteiger partial charge on any atom is -0.369 e. The average Bonchev–Trinajstić information content (AvgIpc) is 2.40. The van der Waals surface area contributed by atoms with Crippen LogP contribution in [0.15, 0.2) is 24.3 Å². The maximum atomic E-state index is 11.7. The molecule has 0 radical (unpaired) electrons.